The van der Waals surface area contributed by atoms with Crippen LogP contribution in [0.2, 0.25) is 0 Å². The maximum absolute atomic E-state index is 4.50. The predicted molar refractivity (Wildman–Crippen MR) is 82.0 cm³/mol. The van der Waals surface area contributed by atoms with Crippen molar-refractivity contribution >= 4 is 0 Å². The van der Waals surface area contributed by atoms with E-state index in [2.05, 4.69) is 45.3 Å². The van der Waals surface area contributed by atoms with Crippen molar-refractivity contribution < 1.29 is 0 Å². The molecule has 0 amide bonds. The average Bonchev–Trinajstić information content (AvgIpc) is 2.93. The first-order chi connectivity index (χ1) is 9.86. The molecule has 1 aromatic carbocycles. The van der Waals surface area contributed by atoms with Gasteiger partial charge in [0.05, 0.1) is 12.0 Å². The van der Waals surface area contributed by atoms with Gasteiger partial charge < -0.3 is 9.88 Å². The van der Waals surface area contributed by atoms with Crippen LogP contribution in [0, 0.1) is 0 Å². The SMILES string of the molecule is CNCCc1cn(CC2CCCc3ccccc32)cn1. The quantitative estimate of drug-likeness (QED) is 0.904. The zero-order valence-electron chi connectivity index (χ0n) is 12.2. The van der Waals surface area contributed by atoms with Gasteiger partial charge in [-0.1, -0.05) is 24.3 Å². The van der Waals surface area contributed by atoms with Crippen LogP contribution in [0.1, 0.15) is 35.6 Å². The summed E-state index contributed by atoms with van der Waals surface area (Å²) in [5.74, 6) is 0.645. The number of rotatable bonds is 5. The van der Waals surface area contributed by atoms with Gasteiger partial charge in [0.25, 0.3) is 0 Å². The van der Waals surface area contributed by atoms with Gasteiger partial charge in [-0.25, -0.2) is 4.98 Å². The molecule has 1 heterocycles. The molecule has 1 unspecified atom stereocenters. The molecule has 0 fully saturated rings. The lowest BCUT2D eigenvalue weighted by atomic mass is 9.83. The molecule has 0 bridgehead atoms. The van der Waals surface area contributed by atoms with Crippen LogP contribution in [0.25, 0.3) is 0 Å². The molecular weight excluding hydrogens is 246 g/mol. The van der Waals surface area contributed by atoms with Gasteiger partial charge in [-0.2, -0.15) is 0 Å². The van der Waals surface area contributed by atoms with Crippen molar-refractivity contribution in [1.29, 1.82) is 0 Å². The molecule has 3 nitrogen and oxygen atoms in total. The van der Waals surface area contributed by atoms with Gasteiger partial charge in [0.1, 0.15) is 0 Å². The Kier molecular flexibility index (Phi) is 4.16. The van der Waals surface area contributed by atoms with Crippen LogP contribution in [0.3, 0.4) is 0 Å². The Bertz CT molecular complexity index is 559. The second-order valence-corrected chi connectivity index (χ2v) is 5.70. The lowest BCUT2D eigenvalue weighted by Gasteiger charge is -2.25. The van der Waals surface area contributed by atoms with E-state index >= 15 is 0 Å². The fraction of sp³-hybridized carbons (Fsp3) is 0.471. The Labute approximate surface area is 121 Å². The molecule has 3 heteroatoms. The fourth-order valence-corrected chi connectivity index (χ4v) is 3.19. The van der Waals surface area contributed by atoms with Crippen LogP contribution >= 0.6 is 0 Å². The molecule has 1 N–H and O–H groups in total. The second kappa shape index (κ2) is 6.23. The van der Waals surface area contributed by atoms with E-state index < -0.39 is 0 Å². The van der Waals surface area contributed by atoms with Gasteiger partial charge in [0.2, 0.25) is 0 Å². The lowest BCUT2D eigenvalue weighted by molar-refractivity contribution is 0.483. The average molecular weight is 269 g/mol. The minimum atomic E-state index is 0.645. The van der Waals surface area contributed by atoms with E-state index in [1.165, 1.54) is 25.0 Å². The van der Waals surface area contributed by atoms with Crippen molar-refractivity contribution in [1.82, 2.24) is 14.9 Å². The minimum Gasteiger partial charge on any atom is -0.337 e. The number of imidazole rings is 1. The number of aromatic nitrogens is 2. The Hall–Kier alpha value is -1.61. The number of nitrogens with one attached hydrogen (secondary N) is 1. The van der Waals surface area contributed by atoms with Crippen molar-refractivity contribution in [2.45, 2.75) is 38.1 Å². The Morgan fingerprint density at radius 1 is 1.35 bits per heavy atom. The van der Waals surface area contributed by atoms with Gasteiger partial charge in [0, 0.05) is 31.6 Å². The fourth-order valence-electron chi connectivity index (χ4n) is 3.19. The number of nitrogens with zero attached hydrogens (tertiary/aromatic N) is 2. The maximum atomic E-state index is 4.50. The molecule has 0 saturated heterocycles. The zero-order valence-corrected chi connectivity index (χ0v) is 12.2. The first-order valence-electron chi connectivity index (χ1n) is 7.60. The van der Waals surface area contributed by atoms with E-state index in [0.29, 0.717) is 5.92 Å². The first-order valence-corrected chi connectivity index (χ1v) is 7.60. The highest BCUT2D eigenvalue weighted by Crippen LogP contribution is 2.32. The number of fused-ring (bicyclic) bond motifs is 1. The Morgan fingerprint density at radius 3 is 3.15 bits per heavy atom. The standard InChI is InChI=1S/C17H23N3/c1-18-10-9-16-12-20(13-19-16)11-15-7-4-6-14-5-2-3-8-17(14)15/h2-3,5,8,12-13,15,18H,4,6-7,9-11H2,1H3. The summed E-state index contributed by atoms with van der Waals surface area (Å²) in [6.45, 7) is 2.05. The van der Waals surface area contributed by atoms with Gasteiger partial charge in [-0.15, -0.1) is 0 Å². The summed E-state index contributed by atoms with van der Waals surface area (Å²) < 4.78 is 2.26. The van der Waals surface area contributed by atoms with E-state index in [0.717, 1.165) is 19.5 Å². The van der Waals surface area contributed by atoms with E-state index in [9.17, 15) is 0 Å². The molecule has 1 atom stereocenters. The van der Waals surface area contributed by atoms with Gasteiger partial charge in [-0.3, -0.25) is 0 Å². The van der Waals surface area contributed by atoms with Crippen LogP contribution in [0.4, 0.5) is 0 Å². The van der Waals surface area contributed by atoms with Crippen LogP contribution in [-0.4, -0.2) is 23.1 Å². The summed E-state index contributed by atoms with van der Waals surface area (Å²) in [6.07, 6.45) is 9.04. The molecule has 3 rings (SSSR count). The number of benzene rings is 1. The molecule has 20 heavy (non-hydrogen) atoms. The number of hydrogen-bond donors (Lipinski definition) is 1. The minimum absolute atomic E-state index is 0.645. The smallest absolute Gasteiger partial charge is 0.0949 e. The number of likely N-dealkylation sites (N-methyl/N-ethyl adjacent to an activating group) is 1. The number of aryl methyl sites for hydroxylation is 1. The second-order valence-electron chi connectivity index (χ2n) is 5.70. The molecule has 0 spiro atoms. The molecule has 2 aromatic rings. The number of hydrogen-bond acceptors (Lipinski definition) is 2. The molecule has 0 aliphatic heterocycles. The van der Waals surface area contributed by atoms with Crippen molar-refractivity contribution in [3.8, 4) is 0 Å². The summed E-state index contributed by atoms with van der Waals surface area (Å²) in [5.41, 5.74) is 4.27. The highest BCUT2D eigenvalue weighted by atomic mass is 15.0. The highest BCUT2D eigenvalue weighted by molar-refractivity contribution is 5.32. The molecule has 106 valence electrons. The van der Waals surface area contributed by atoms with Crippen molar-refractivity contribution in [2.75, 3.05) is 13.6 Å². The summed E-state index contributed by atoms with van der Waals surface area (Å²) in [4.78, 5) is 4.50. The third-order valence-electron chi connectivity index (χ3n) is 4.24. The summed E-state index contributed by atoms with van der Waals surface area (Å²) in [6, 6.07) is 8.92. The summed E-state index contributed by atoms with van der Waals surface area (Å²) >= 11 is 0. The largest absolute Gasteiger partial charge is 0.337 e. The molecule has 1 aromatic heterocycles. The zero-order chi connectivity index (χ0) is 13.8. The third-order valence-corrected chi connectivity index (χ3v) is 4.24. The van der Waals surface area contributed by atoms with Crippen LogP contribution in [0.5, 0.6) is 0 Å². The van der Waals surface area contributed by atoms with E-state index in [1.807, 2.05) is 13.4 Å². The Balaban J connectivity index is 1.71. The summed E-state index contributed by atoms with van der Waals surface area (Å²) in [5, 5.41) is 3.17. The third kappa shape index (κ3) is 2.93. The van der Waals surface area contributed by atoms with Gasteiger partial charge in [0.15, 0.2) is 0 Å². The molecule has 0 saturated carbocycles. The van der Waals surface area contributed by atoms with E-state index in [1.54, 1.807) is 11.1 Å². The first kappa shape index (κ1) is 13.4. The molecule has 0 radical (unpaired) electrons. The van der Waals surface area contributed by atoms with E-state index in [4.69, 9.17) is 0 Å². The van der Waals surface area contributed by atoms with Crippen molar-refractivity contribution in [2.24, 2.45) is 0 Å². The summed E-state index contributed by atoms with van der Waals surface area (Å²) in [7, 11) is 1.98. The topological polar surface area (TPSA) is 29.9 Å². The van der Waals surface area contributed by atoms with Crippen molar-refractivity contribution in [3.63, 3.8) is 0 Å². The normalized spacial score (nSPS) is 17.9. The van der Waals surface area contributed by atoms with Gasteiger partial charge in [-0.05, 0) is 37.4 Å². The predicted octanol–water partition coefficient (Wildman–Crippen LogP) is 2.77. The lowest BCUT2D eigenvalue weighted by Crippen LogP contribution is -2.14. The highest BCUT2D eigenvalue weighted by Gasteiger charge is 2.20. The van der Waals surface area contributed by atoms with Crippen molar-refractivity contribution in [3.05, 3.63) is 53.6 Å². The Morgan fingerprint density at radius 2 is 2.25 bits per heavy atom. The van der Waals surface area contributed by atoms with Gasteiger partial charge >= 0.3 is 0 Å². The molecule has 1 aliphatic carbocycles. The van der Waals surface area contributed by atoms with E-state index in [-0.39, 0.29) is 0 Å². The molecule has 1 aliphatic rings. The van der Waals surface area contributed by atoms with Crippen LogP contribution in [0.15, 0.2) is 36.8 Å². The molecular formula is C17H23N3. The van der Waals surface area contributed by atoms with Crippen LogP contribution in [-0.2, 0) is 19.4 Å². The monoisotopic (exact) mass is 269 g/mol. The van der Waals surface area contributed by atoms with Crippen LogP contribution < -0.4 is 5.32 Å². The maximum Gasteiger partial charge on any atom is 0.0949 e.